The molecule has 0 fully saturated rings. The average Bonchev–Trinajstić information content (AvgIpc) is 2.45. The summed E-state index contributed by atoms with van der Waals surface area (Å²) in [6.07, 6.45) is -1.07. The Bertz CT molecular complexity index is 606. The van der Waals surface area contributed by atoms with Crippen LogP contribution in [0.4, 0.5) is 4.79 Å². The molecule has 1 atom stereocenters. The van der Waals surface area contributed by atoms with Gasteiger partial charge < -0.3 is 10.2 Å². The Hall–Kier alpha value is -2.07. The van der Waals surface area contributed by atoms with E-state index in [0.29, 0.717) is 0 Å². The number of carbonyl (C=O) groups is 1. The predicted molar refractivity (Wildman–Crippen MR) is 74.2 cm³/mol. The highest BCUT2D eigenvalue weighted by molar-refractivity contribution is 5.87. The molecule has 4 nitrogen and oxygen atoms in total. The van der Waals surface area contributed by atoms with Crippen molar-refractivity contribution in [2.45, 2.75) is 12.5 Å². The van der Waals surface area contributed by atoms with Gasteiger partial charge in [0.1, 0.15) is 0 Å². The maximum absolute atomic E-state index is 11.2. The van der Waals surface area contributed by atoms with E-state index in [-0.39, 0.29) is 6.61 Å². The Kier molecular flexibility index (Phi) is 3.44. The maximum atomic E-state index is 11.2. The third-order valence-corrected chi connectivity index (χ3v) is 3.70. The van der Waals surface area contributed by atoms with E-state index in [4.69, 9.17) is 0 Å². The monoisotopic (exact) mass is 259 g/mol. The van der Waals surface area contributed by atoms with Crippen LogP contribution in [0.3, 0.4) is 0 Å². The number of hydrogen-bond acceptors (Lipinski definition) is 2. The van der Waals surface area contributed by atoms with E-state index in [0.717, 1.165) is 21.2 Å². The zero-order valence-corrected chi connectivity index (χ0v) is 11.0. The third kappa shape index (κ3) is 2.15. The van der Waals surface area contributed by atoms with Crippen molar-refractivity contribution in [1.29, 1.82) is 0 Å². The largest absolute Gasteiger partial charge is 0.465 e. The number of nitrogens with zero attached hydrogens (tertiary/aromatic N) is 1. The molecule has 1 amide bonds. The van der Waals surface area contributed by atoms with Gasteiger partial charge in [-0.25, -0.2) is 4.79 Å². The van der Waals surface area contributed by atoms with Crippen LogP contribution in [-0.4, -0.2) is 34.9 Å². The maximum Gasteiger partial charge on any atom is 0.407 e. The van der Waals surface area contributed by atoms with Crippen molar-refractivity contribution < 1.29 is 15.0 Å². The standard InChI is InChI=1S/C15H17NO3/c1-15(10-17,16(2)14(18)19)13-9-5-7-11-6-3-4-8-12(11)13/h3-9,17H,10H2,1-2H3,(H,18,19)/t15-/m1/s1. The number of amides is 1. The highest BCUT2D eigenvalue weighted by Crippen LogP contribution is 2.32. The van der Waals surface area contributed by atoms with Crippen LogP contribution < -0.4 is 0 Å². The lowest BCUT2D eigenvalue weighted by Gasteiger charge is -2.36. The highest BCUT2D eigenvalue weighted by Gasteiger charge is 2.35. The van der Waals surface area contributed by atoms with E-state index in [1.54, 1.807) is 6.92 Å². The number of benzene rings is 2. The number of fused-ring (bicyclic) bond motifs is 1. The first-order chi connectivity index (χ1) is 9.00. The minimum Gasteiger partial charge on any atom is -0.465 e. The second kappa shape index (κ2) is 4.90. The minimum atomic E-state index is -1.07. The van der Waals surface area contributed by atoms with Crippen LogP contribution >= 0.6 is 0 Å². The summed E-state index contributed by atoms with van der Waals surface area (Å²) in [4.78, 5) is 12.4. The average molecular weight is 259 g/mol. The highest BCUT2D eigenvalue weighted by atomic mass is 16.4. The lowest BCUT2D eigenvalue weighted by molar-refractivity contribution is 0.0590. The summed E-state index contributed by atoms with van der Waals surface area (Å²) in [6.45, 7) is 1.45. The Balaban J connectivity index is 2.67. The number of aliphatic hydroxyl groups excluding tert-OH is 1. The van der Waals surface area contributed by atoms with Crippen LogP contribution in [0.5, 0.6) is 0 Å². The second-order valence-corrected chi connectivity index (χ2v) is 4.80. The van der Waals surface area contributed by atoms with Gasteiger partial charge in [-0.05, 0) is 23.3 Å². The van der Waals surface area contributed by atoms with E-state index >= 15 is 0 Å². The summed E-state index contributed by atoms with van der Waals surface area (Å²) in [5.74, 6) is 0. The first kappa shape index (κ1) is 13.4. The van der Waals surface area contributed by atoms with E-state index in [9.17, 15) is 15.0 Å². The van der Waals surface area contributed by atoms with Crippen molar-refractivity contribution in [2.75, 3.05) is 13.7 Å². The van der Waals surface area contributed by atoms with Crippen molar-refractivity contribution in [3.63, 3.8) is 0 Å². The van der Waals surface area contributed by atoms with E-state index in [1.165, 1.54) is 7.05 Å². The van der Waals surface area contributed by atoms with Gasteiger partial charge in [0.15, 0.2) is 0 Å². The normalized spacial score (nSPS) is 14.1. The van der Waals surface area contributed by atoms with Crippen LogP contribution in [-0.2, 0) is 5.54 Å². The number of carboxylic acid groups (broad SMARTS) is 1. The van der Waals surface area contributed by atoms with Gasteiger partial charge in [-0.15, -0.1) is 0 Å². The summed E-state index contributed by atoms with van der Waals surface area (Å²) in [5.41, 5.74) is -0.162. The molecule has 0 saturated carbocycles. The quantitative estimate of drug-likeness (QED) is 0.890. The molecule has 100 valence electrons. The van der Waals surface area contributed by atoms with Crippen LogP contribution in [0, 0.1) is 0 Å². The first-order valence-electron chi connectivity index (χ1n) is 6.06. The molecule has 4 heteroatoms. The Labute approximate surface area is 111 Å². The lowest BCUT2D eigenvalue weighted by atomic mass is 9.87. The fourth-order valence-corrected chi connectivity index (χ4v) is 2.28. The summed E-state index contributed by atoms with van der Waals surface area (Å²) < 4.78 is 0. The fraction of sp³-hybridized carbons (Fsp3) is 0.267. The second-order valence-electron chi connectivity index (χ2n) is 4.80. The van der Waals surface area contributed by atoms with Gasteiger partial charge in [0.25, 0.3) is 0 Å². The van der Waals surface area contributed by atoms with Crippen molar-refractivity contribution in [1.82, 2.24) is 4.90 Å². The smallest absolute Gasteiger partial charge is 0.407 e. The molecule has 0 aliphatic rings. The fourth-order valence-electron chi connectivity index (χ4n) is 2.28. The van der Waals surface area contributed by atoms with Crippen LogP contribution in [0.25, 0.3) is 10.8 Å². The SMILES string of the molecule is CN(C(=O)O)[C@](C)(CO)c1cccc2ccccc12. The molecule has 0 bridgehead atoms. The minimum absolute atomic E-state index is 0.274. The first-order valence-corrected chi connectivity index (χ1v) is 6.06. The molecular weight excluding hydrogens is 242 g/mol. The van der Waals surface area contributed by atoms with Crippen molar-refractivity contribution in [3.8, 4) is 0 Å². The van der Waals surface area contributed by atoms with Crippen molar-refractivity contribution in [3.05, 3.63) is 48.0 Å². The zero-order valence-electron chi connectivity index (χ0n) is 11.0. The van der Waals surface area contributed by atoms with Crippen molar-refractivity contribution >= 4 is 16.9 Å². The topological polar surface area (TPSA) is 60.8 Å². The van der Waals surface area contributed by atoms with Gasteiger partial charge >= 0.3 is 6.09 Å². The van der Waals surface area contributed by atoms with Crippen LogP contribution in [0.2, 0.25) is 0 Å². The van der Waals surface area contributed by atoms with Crippen molar-refractivity contribution in [2.24, 2.45) is 0 Å². The molecule has 0 unspecified atom stereocenters. The van der Waals surface area contributed by atoms with Gasteiger partial charge in [-0.1, -0.05) is 42.5 Å². The van der Waals surface area contributed by atoms with Gasteiger partial charge in [-0.3, -0.25) is 4.90 Å². The summed E-state index contributed by atoms with van der Waals surface area (Å²) in [5, 5.41) is 20.9. The number of aliphatic hydroxyl groups is 1. The summed E-state index contributed by atoms with van der Waals surface area (Å²) >= 11 is 0. The van der Waals surface area contributed by atoms with E-state index in [2.05, 4.69) is 0 Å². The molecule has 0 radical (unpaired) electrons. The van der Waals surface area contributed by atoms with E-state index < -0.39 is 11.6 Å². The molecule has 2 rings (SSSR count). The molecule has 2 N–H and O–H groups in total. The molecule has 2 aromatic carbocycles. The van der Waals surface area contributed by atoms with Gasteiger partial charge in [0.2, 0.25) is 0 Å². The van der Waals surface area contributed by atoms with E-state index in [1.807, 2.05) is 42.5 Å². The predicted octanol–water partition coefficient (Wildman–Crippen LogP) is 2.66. The third-order valence-electron chi connectivity index (χ3n) is 3.70. The molecule has 0 aromatic heterocycles. The Morgan fingerprint density at radius 2 is 1.84 bits per heavy atom. The zero-order chi connectivity index (χ0) is 14.0. The molecule has 19 heavy (non-hydrogen) atoms. The molecule has 0 heterocycles. The summed E-state index contributed by atoms with van der Waals surface area (Å²) in [6, 6.07) is 13.5. The molecule has 0 saturated heterocycles. The number of rotatable bonds is 3. The molecule has 2 aromatic rings. The van der Waals surface area contributed by atoms with Gasteiger partial charge in [0.05, 0.1) is 12.1 Å². The molecule has 0 aliphatic heterocycles. The van der Waals surface area contributed by atoms with Gasteiger partial charge in [-0.2, -0.15) is 0 Å². The number of hydrogen-bond donors (Lipinski definition) is 2. The van der Waals surface area contributed by atoms with Crippen LogP contribution in [0.15, 0.2) is 42.5 Å². The van der Waals surface area contributed by atoms with Gasteiger partial charge in [0, 0.05) is 7.05 Å². The molecular formula is C15H17NO3. The number of likely N-dealkylation sites (N-methyl/N-ethyl adjacent to an activating group) is 1. The summed E-state index contributed by atoms with van der Waals surface area (Å²) in [7, 11) is 1.47. The lowest BCUT2D eigenvalue weighted by Crippen LogP contribution is -2.47. The molecule has 0 aliphatic carbocycles. The Morgan fingerprint density at radius 3 is 2.47 bits per heavy atom. The molecule has 0 spiro atoms. The van der Waals surface area contributed by atoms with Crippen LogP contribution in [0.1, 0.15) is 12.5 Å². The Morgan fingerprint density at radius 1 is 1.21 bits per heavy atom.